The lowest BCUT2D eigenvalue weighted by Crippen LogP contribution is -2.38. The maximum Gasteiger partial charge on any atom is 0.122 e. The van der Waals surface area contributed by atoms with Crippen LogP contribution in [-0.2, 0) is 0 Å². The lowest BCUT2D eigenvalue weighted by Gasteiger charge is -2.33. The third-order valence-electron chi connectivity index (χ3n) is 6.25. The molecule has 2 aromatic carbocycles. The molecule has 2 heteroatoms. The molecule has 138 valence electrons. The first-order chi connectivity index (χ1) is 12.9. The molecule has 1 aliphatic heterocycles. The number of hydrogen-bond donors (Lipinski definition) is 1. The van der Waals surface area contributed by atoms with E-state index in [9.17, 15) is 0 Å². The summed E-state index contributed by atoms with van der Waals surface area (Å²) in [5.74, 6) is 2.94. The van der Waals surface area contributed by atoms with Crippen LogP contribution in [0, 0.1) is 5.92 Å². The van der Waals surface area contributed by atoms with Gasteiger partial charge in [0.2, 0.25) is 0 Å². The van der Waals surface area contributed by atoms with Crippen LogP contribution >= 0.6 is 0 Å². The average Bonchev–Trinajstić information content (AvgIpc) is 2.74. The first-order valence-electron chi connectivity index (χ1n) is 10.4. The van der Waals surface area contributed by atoms with E-state index in [-0.39, 0.29) is 0 Å². The fraction of sp³-hybridized carbons (Fsp3) is 0.500. The summed E-state index contributed by atoms with van der Waals surface area (Å²) >= 11 is 0. The average molecular weight is 350 g/mol. The second kappa shape index (κ2) is 8.73. The number of benzene rings is 2. The van der Waals surface area contributed by atoms with Gasteiger partial charge in [0, 0.05) is 12.5 Å². The van der Waals surface area contributed by atoms with Crippen LogP contribution < -0.4 is 10.1 Å². The largest absolute Gasteiger partial charge is 0.493 e. The summed E-state index contributed by atoms with van der Waals surface area (Å²) in [5, 5.41) is 3.57. The summed E-state index contributed by atoms with van der Waals surface area (Å²) in [6.07, 6.45) is 7.95. The van der Waals surface area contributed by atoms with Crippen molar-refractivity contribution in [2.75, 3.05) is 19.7 Å². The Morgan fingerprint density at radius 3 is 2.46 bits per heavy atom. The molecule has 2 atom stereocenters. The second-order valence-corrected chi connectivity index (χ2v) is 7.95. The van der Waals surface area contributed by atoms with Crippen molar-refractivity contribution in [3.8, 4) is 5.75 Å². The topological polar surface area (TPSA) is 21.3 Å². The summed E-state index contributed by atoms with van der Waals surface area (Å²) < 4.78 is 6.44. The molecular formula is C24H31NO. The van der Waals surface area contributed by atoms with E-state index in [4.69, 9.17) is 4.74 Å². The highest BCUT2D eigenvalue weighted by molar-refractivity contribution is 5.36. The molecule has 2 aliphatic rings. The van der Waals surface area contributed by atoms with E-state index in [0.29, 0.717) is 17.8 Å². The minimum absolute atomic E-state index is 0.533. The van der Waals surface area contributed by atoms with Crippen molar-refractivity contribution < 1.29 is 4.74 Å². The van der Waals surface area contributed by atoms with E-state index in [0.717, 1.165) is 25.4 Å². The monoisotopic (exact) mass is 349 g/mol. The summed E-state index contributed by atoms with van der Waals surface area (Å²) in [6.45, 7) is 2.95. The highest BCUT2D eigenvalue weighted by atomic mass is 16.5. The summed E-state index contributed by atoms with van der Waals surface area (Å²) in [5.41, 5.74) is 2.90. The fourth-order valence-electron chi connectivity index (χ4n) is 4.80. The molecule has 1 N–H and O–H groups in total. The van der Waals surface area contributed by atoms with E-state index in [1.807, 2.05) is 0 Å². The van der Waals surface area contributed by atoms with E-state index in [2.05, 4.69) is 59.9 Å². The number of hydrogen-bond acceptors (Lipinski definition) is 2. The molecule has 1 saturated heterocycles. The van der Waals surface area contributed by atoms with Crippen LogP contribution in [0.2, 0.25) is 0 Å². The van der Waals surface area contributed by atoms with E-state index in [1.165, 1.54) is 49.7 Å². The van der Waals surface area contributed by atoms with Crippen LogP contribution in [0.3, 0.4) is 0 Å². The predicted molar refractivity (Wildman–Crippen MR) is 108 cm³/mol. The van der Waals surface area contributed by atoms with Crippen molar-refractivity contribution in [1.29, 1.82) is 0 Å². The third kappa shape index (κ3) is 4.12. The molecule has 0 amide bonds. The fourth-order valence-corrected chi connectivity index (χ4v) is 4.80. The Bertz CT molecular complexity index is 678. The normalized spacial score (nSPS) is 24.3. The van der Waals surface area contributed by atoms with Crippen LogP contribution in [0.4, 0.5) is 0 Å². The third-order valence-corrected chi connectivity index (χ3v) is 6.25. The number of rotatable bonds is 5. The van der Waals surface area contributed by atoms with Crippen LogP contribution in [0.25, 0.3) is 0 Å². The van der Waals surface area contributed by atoms with Crippen LogP contribution in [0.15, 0.2) is 54.6 Å². The molecule has 1 aliphatic carbocycles. The molecular weight excluding hydrogens is 318 g/mol. The Morgan fingerprint density at radius 1 is 0.846 bits per heavy atom. The lowest BCUT2D eigenvalue weighted by atomic mass is 9.81. The van der Waals surface area contributed by atoms with Gasteiger partial charge in [-0.2, -0.15) is 0 Å². The maximum absolute atomic E-state index is 6.44. The minimum Gasteiger partial charge on any atom is -0.493 e. The van der Waals surface area contributed by atoms with Gasteiger partial charge in [-0.25, -0.2) is 0 Å². The Morgan fingerprint density at radius 2 is 1.62 bits per heavy atom. The van der Waals surface area contributed by atoms with Gasteiger partial charge in [0.15, 0.2) is 0 Å². The number of piperidine rings is 1. The number of para-hydroxylation sites is 1. The molecule has 1 heterocycles. The molecule has 0 unspecified atom stereocenters. The van der Waals surface area contributed by atoms with Gasteiger partial charge in [-0.3, -0.25) is 0 Å². The molecule has 2 fully saturated rings. The summed E-state index contributed by atoms with van der Waals surface area (Å²) in [4.78, 5) is 0. The van der Waals surface area contributed by atoms with Crippen molar-refractivity contribution in [2.24, 2.45) is 5.92 Å². The van der Waals surface area contributed by atoms with Gasteiger partial charge in [-0.1, -0.05) is 67.8 Å². The molecule has 2 nitrogen and oxygen atoms in total. The molecule has 0 radical (unpaired) electrons. The molecule has 26 heavy (non-hydrogen) atoms. The molecule has 0 spiro atoms. The SMILES string of the molecule is c1ccc([C@H]2CCNC[C@@H]2COc2ccccc2C2CCCCC2)cc1. The van der Waals surface area contributed by atoms with E-state index < -0.39 is 0 Å². The second-order valence-electron chi connectivity index (χ2n) is 7.95. The van der Waals surface area contributed by atoms with Gasteiger partial charge in [-0.15, -0.1) is 0 Å². The number of ether oxygens (including phenoxy) is 1. The summed E-state index contributed by atoms with van der Waals surface area (Å²) in [7, 11) is 0. The van der Waals surface area contributed by atoms with E-state index in [1.54, 1.807) is 0 Å². The van der Waals surface area contributed by atoms with Crippen LogP contribution in [0.5, 0.6) is 5.75 Å². The van der Waals surface area contributed by atoms with Gasteiger partial charge in [-0.05, 0) is 54.8 Å². The Kier molecular flexibility index (Phi) is 5.91. The van der Waals surface area contributed by atoms with Gasteiger partial charge in [0.25, 0.3) is 0 Å². The van der Waals surface area contributed by atoms with Gasteiger partial charge < -0.3 is 10.1 Å². The van der Waals surface area contributed by atoms with Crippen molar-refractivity contribution in [3.63, 3.8) is 0 Å². The standard InChI is InChI=1S/C24H31NO/c1-3-9-19(10-4-1)22-15-16-25-17-21(22)18-26-24-14-8-7-13-23(24)20-11-5-2-6-12-20/h1,3-4,7-10,13-14,20-22,25H,2,5-6,11-12,15-18H2/t21-,22-/m1/s1. The minimum atomic E-state index is 0.533. The Balaban J connectivity index is 1.46. The zero-order valence-corrected chi connectivity index (χ0v) is 15.7. The van der Waals surface area contributed by atoms with Gasteiger partial charge in [0.05, 0.1) is 6.61 Å². The highest BCUT2D eigenvalue weighted by Gasteiger charge is 2.27. The predicted octanol–water partition coefficient (Wildman–Crippen LogP) is 5.51. The number of nitrogens with one attached hydrogen (secondary N) is 1. The molecule has 2 aromatic rings. The summed E-state index contributed by atoms with van der Waals surface area (Å²) in [6, 6.07) is 19.7. The van der Waals surface area contributed by atoms with Crippen molar-refractivity contribution in [2.45, 2.75) is 50.4 Å². The maximum atomic E-state index is 6.44. The molecule has 0 aromatic heterocycles. The van der Waals surface area contributed by atoms with Crippen LogP contribution in [-0.4, -0.2) is 19.7 Å². The van der Waals surface area contributed by atoms with Crippen molar-refractivity contribution >= 4 is 0 Å². The van der Waals surface area contributed by atoms with Gasteiger partial charge >= 0.3 is 0 Å². The highest BCUT2D eigenvalue weighted by Crippen LogP contribution is 2.38. The van der Waals surface area contributed by atoms with E-state index >= 15 is 0 Å². The van der Waals surface area contributed by atoms with Crippen molar-refractivity contribution in [3.05, 3.63) is 65.7 Å². The lowest BCUT2D eigenvalue weighted by molar-refractivity contribution is 0.194. The molecule has 1 saturated carbocycles. The zero-order chi connectivity index (χ0) is 17.6. The van der Waals surface area contributed by atoms with Crippen molar-refractivity contribution in [1.82, 2.24) is 5.32 Å². The molecule has 4 rings (SSSR count). The quantitative estimate of drug-likeness (QED) is 0.769. The zero-order valence-electron chi connectivity index (χ0n) is 15.7. The van der Waals surface area contributed by atoms with Gasteiger partial charge in [0.1, 0.15) is 5.75 Å². The smallest absolute Gasteiger partial charge is 0.122 e. The Labute approximate surface area is 158 Å². The first-order valence-corrected chi connectivity index (χ1v) is 10.4. The Hall–Kier alpha value is -1.80. The molecule has 0 bridgehead atoms. The van der Waals surface area contributed by atoms with Crippen LogP contribution in [0.1, 0.15) is 61.5 Å². The first kappa shape index (κ1) is 17.6.